The van der Waals surface area contributed by atoms with E-state index >= 15 is 0 Å². The van der Waals surface area contributed by atoms with E-state index in [1.54, 1.807) is 0 Å². The van der Waals surface area contributed by atoms with Crippen molar-refractivity contribution in [2.75, 3.05) is 11.9 Å². The van der Waals surface area contributed by atoms with E-state index in [2.05, 4.69) is 35.9 Å². The summed E-state index contributed by atoms with van der Waals surface area (Å²) in [5, 5.41) is 0.934. The maximum absolute atomic E-state index is 10.5. The number of carbonyl (C=O) groups is 1. The molecule has 0 unspecified atom stereocenters. The van der Waals surface area contributed by atoms with Gasteiger partial charge in [0.2, 0.25) is 0 Å². The third-order valence-electron chi connectivity index (χ3n) is 1.96. The van der Waals surface area contributed by atoms with Crippen LogP contribution in [0.2, 0.25) is 0 Å². The first-order valence-corrected chi connectivity index (χ1v) is 6.19. The Hall–Kier alpha value is -0.570. The molecule has 0 saturated carbocycles. The monoisotopic (exact) mass is 274 g/mol. The van der Waals surface area contributed by atoms with Crippen molar-refractivity contribution in [3.63, 3.8) is 0 Å². The Labute approximate surface area is 101 Å². The lowest BCUT2D eigenvalue weighted by molar-refractivity contribution is -0.139. The molecule has 0 bridgehead atoms. The molecule has 0 radical (unpaired) electrons. The van der Waals surface area contributed by atoms with Crippen molar-refractivity contribution in [3.05, 3.63) is 23.3 Å². The van der Waals surface area contributed by atoms with Crippen molar-refractivity contribution in [2.24, 2.45) is 0 Å². The van der Waals surface area contributed by atoms with Crippen molar-refractivity contribution in [1.82, 2.24) is 0 Å². The summed E-state index contributed by atoms with van der Waals surface area (Å²) in [6.07, 6.45) is 6.24. The molecule has 0 N–H and O–H groups in total. The van der Waals surface area contributed by atoms with Crippen LogP contribution in [0.1, 0.15) is 33.6 Å². The van der Waals surface area contributed by atoms with Crippen LogP contribution >= 0.6 is 15.9 Å². The van der Waals surface area contributed by atoms with Crippen LogP contribution in [0.15, 0.2) is 23.3 Å². The number of rotatable bonds is 6. The zero-order valence-corrected chi connectivity index (χ0v) is 11.3. The van der Waals surface area contributed by atoms with Gasteiger partial charge < -0.3 is 4.74 Å². The van der Waals surface area contributed by atoms with Gasteiger partial charge in [-0.15, -0.1) is 0 Å². The molecule has 0 aromatic heterocycles. The maximum atomic E-state index is 10.5. The van der Waals surface area contributed by atoms with Gasteiger partial charge in [0.15, 0.2) is 0 Å². The number of alkyl halides is 1. The van der Waals surface area contributed by atoms with Crippen molar-refractivity contribution >= 4 is 21.9 Å². The summed E-state index contributed by atoms with van der Waals surface area (Å²) in [6, 6.07) is 0. The van der Waals surface area contributed by atoms with Crippen LogP contribution in [0.5, 0.6) is 0 Å². The van der Waals surface area contributed by atoms with Crippen molar-refractivity contribution in [3.8, 4) is 0 Å². The Morgan fingerprint density at radius 2 is 1.87 bits per heavy atom. The number of hydrogen-bond donors (Lipinski definition) is 0. The van der Waals surface area contributed by atoms with Crippen LogP contribution in [0, 0.1) is 0 Å². The van der Waals surface area contributed by atoms with E-state index in [4.69, 9.17) is 4.74 Å². The Kier molecular flexibility index (Phi) is 8.38. The minimum Gasteiger partial charge on any atom is -0.462 e. The van der Waals surface area contributed by atoms with E-state index in [0.29, 0.717) is 6.61 Å². The van der Waals surface area contributed by atoms with E-state index in [-0.39, 0.29) is 5.97 Å². The quantitative estimate of drug-likeness (QED) is 0.420. The van der Waals surface area contributed by atoms with Crippen LogP contribution in [-0.2, 0) is 9.53 Å². The minimum atomic E-state index is -0.228. The van der Waals surface area contributed by atoms with Gasteiger partial charge in [0, 0.05) is 12.3 Å². The van der Waals surface area contributed by atoms with E-state index in [9.17, 15) is 4.79 Å². The molecule has 0 aliphatic rings. The molecule has 0 fully saturated rings. The lowest BCUT2D eigenvalue weighted by Crippen LogP contribution is -1.98. The van der Waals surface area contributed by atoms with Gasteiger partial charge in [0.25, 0.3) is 0 Å². The van der Waals surface area contributed by atoms with Gasteiger partial charge in [-0.25, -0.2) is 0 Å². The fourth-order valence-corrected chi connectivity index (χ4v) is 1.23. The van der Waals surface area contributed by atoms with Gasteiger partial charge in [-0.1, -0.05) is 33.2 Å². The Morgan fingerprint density at radius 1 is 1.20 bits per heavy atom. The topological polar surface area (TPSA) is 26.3 Å². The second kappa shape index (κ2) is 8.72. The van der Waals surface area contributed by atoms with Gasteiger partial charge in [0.1, 0.15) is 6.61 Å². The first kappa shape index (κ1) is 14.4. The summed E-state index contributed by atoms with van der Waals surface area (Å²) < 4.78 is 4.82. The molecule has 0 amide bonds. The molecule has 3 heteroatoms. The zero-order chi connectivity index (χ0) is 11.7. The molecular formula is C12H19BrO2. The van der Waals surface area contributed by atoms with Gasteiger partial charge in [-0.05, 0) is 32.8 Å². The molecule has 86 valence electrons. The number of hydrogen-bond acceptors (Lipinski definition) is 2. The average molecular weight is 275 g/mol. The van der Waals surface area contributed by atoms with Crippen LogP contribution in [0.3, 0.4) is 0 Å². The largest absolute Gasteiger partial charge is 0.462 e. The number of carbonyl (C=O) groups excluding carboxylic acids is 1. The van der Waals surface area contributed by atoms with Crippen molar-refractivity contribution < 1.29 is 9.53 Å². The van der Waals surface area contributed by atoms with Crippen LogP contribution in [0.4, 0.5) is 0 Å². The van der Waals surface area contributed by atoms with E-state index in [0.717, 1.165) is 18.2 Å². The third kappa shape index (κ3) is 9.73. The summed E-state index contributed by atoms with van der Waals surface area (Å²) >= 11 is 3.40. The Balaban J connectivity index is 3.73. The van der Waals surface area contributed by atoms with Crippen LogP contribution in [0.25, 0.3) is 0 Å². The summed E-state index contributed by atoms with van der Waals surface area (Å²) in [6.45, 7) is 5.97. The molecule has 0 aliphatic carbocycles. The standard InChI is InChI=1S/C12H19BrO2/c1-10(7-8-15-12(3)14)5-4-6-11(2)9-13/h6-7H,4-5,8-9H2,1-3H3/b10-7+,11-6?. The summed E-state index contributed by atoms with van der Waals surface area (Å²) in [5.41, 5.74) is 2.61. The highest BCUT2D eigenvalue weighted by Gasteiger charge is 1.92. The maximum Gasteiger partial charge on any atom is 0.302 e. The minimum absolute atomic E-state index is 0.228. The molecule has 0 aromatic carbocycles. The lowest BCUT2D eigenvalue weighted by atomic mass is 10.1. The third-order valence-corrected chi connectivity index (χ3v) is 2.85. The van der Waals surface area contributed by atoms with Crippen molar-refractivity contribution in [2.45, 2.75) is 33.6 Å². The normalized spacial score (nSPS) is 12.8. The predicted octanol–water partition coefficient (Wildman–Crippen LogP) is 3.62. The fraction of sp³-hybridized carbons (Fsp3) is 0.583. The van der Waals surface area contributed by atoms with Crippen molar-refractivity contribution in [1.29, 1.82) is 0 Å². The second-order valence-corrected chi connectivity index (χ2v) is 4.14. The van der Waals surface area contributed by atoms with E-state index in [1.165, 1.54) is 18.1 Å². The first-order chi connectivity index (χ1) is 7.06. The molecule has 0 rings (SSSR count). The lowest BCUT2D eigenvalue weighted by Gasteiger charge is -2.00. The summed E-state index contributed by atoms with van der Waals surface area (Å²) in [4.78, 5) is 10.5. The SMILES string of the molecule is CC(=O)OC/C=C(\C)CCC=C(C)CBr. The van der Waals surface area contributed by atoms with Crippen LogP contribution < -0.4 is 0 Å². The molecule has 0 saturated heterocycles. The molecule has 0 atom stereocenters. The van der Waals surface area contributed by atoms with E-state index < -0.39 is 0 Å². The molecule has 0 heterocycles. The van der Waals surface area contributed by atoms with Gasteiger partial charge >= 0.3 is 5.97 Å². The smallest absolute Gasteiger partial charge is 0.302 e. The fourth-order valence-electron chi connectivity index (χ4n) is 1.00. The summed E-state index contributed by atoms with van der Waals surface area (Å²) in [5.74, 6) is -0.228. The highest BCUT2D eigenvalue weighted by molar-refractivity contribution is 9.09. The number of halogens is 1. The number of allylic oxidation sites excluding steroid dienone is 3. The first-order valence-electron chi connectivity index (χ1n) is 5.07. The molecular weight excluding hydrogens is 256 g/mol. The highest BCUT2D eigenvalue weighted by Crippen LogP contribution is 2.07. The molecule has 15 heavy (non-hydrogen) atoms. The number of esters is 1. The van der Waals surface area contributed by atoms with Gasteiger partial charge in [-0.2, -0.15) is 0 Å². The van der Waals surface area contributed by atoms with Gasteiger partial charge in [-0.3, -0.25) is 4.79 Å². The Morgan fingerprint density at radius 3 is 2.40 bits per heavy atom. The molecule has 0 aliphatic heterocycles. The molecule has 2 nitrogen and oxygen atoms in total. The highest BCUT2D eigenvalue weighted by atomic mass is 79.9. The number of ether oxygens (including phenoxy) is 1. The molecule has 0 aromatic rings. The predicted molar refractivity (Wildman–Crippen MR) is 67.2 cm³/mol. The average Bonchev–Trinajstić information content (AvgIpc) is 2.17. The molecule has 0 spiro atoms. The Bertz CT molecular complexity index is 254. The van der Waals surface area contributed by atoms with Crippen LogP contribution in [-0.4, -0.2) is 17.9 Å². The van der Waals surface area contributed by atoms with Gasteiger partial charge in [0.05, 0.1) is 0 Å². The second-order valence-electron chi connectivity index (χ2n) is 3.58. The zero-order valence-electron chi connectivity index (χ0n) is 9.68. The van der Waals surface area contributed by atoms with E-state index in [1.807, 2.05) is 6.08 Å². The summed E-state index contributed by atoms with van der Waals surface area (Å²) in [7, 11) is 0.